The zero-order valence-corrected chi connectivity index (χ0v) is 9.20. The highest BCUT2D eigenvalue weighted by Crippen LogP contribution is 2.48. The molecule has 16 heavy (non-hydrogen) atoms. The summed E-state index contributed by atoms with van der Waals surface area (Å²) in [5.74, 6) is 0. The first-order valence-electron chi connectivity index (χ1n) is 4.30. The topological polar surface area (TPSA) is 46.5 Å². The van der Waals surface area contributed by atoms with Gasteiger partial charge in [0.05, 0.1) is 0 Å². The normalized spacial score (nSPS) is 17.8. The lowest BCUT2D eigenvalue weighted by atomic mass is 10.1. The molecule has 0 saturated carbocycles. The van der Waals surface area contributed by atoms with Crippen LogP contribution >= 0.6 is 7.60 Å². The molecule has 0 saturated heterocycles. The summed E-state index contributed by atoms with van der Waals surface area (Å²) in [6, 6.07) is 6.72. The second-order valence-electron chi connectivity index (χ2n) is 3.24. The molecule has 0 heterocycles. The van der Waals surface area contributed by atoms with Crippen LogP contribution in [0.4, 0.5) is 13.2 Å². The van der Waals surface area contributed by atoms with Crippen molar-refractivity contribution in [3.05, 3.63) is 35.9 Å². The molecule has 0 aliphatic heterocycles. The SMILES string of the molecule is CP(=O)(O)O[C@@H](c1ccccc1)C(F)(F)F. The molecule has 0 fully saturated rings. The predicted molar refractivity (Wildman–Crippen MR) is 52.1 cm³/mol. The van der Waals surface area contributed by atoms with Gasteiger partial charge in [0.1, 0.15) is 0 Å². The molecule has 7 heteroatoms. The van der Waals surface area contributed by atoms with Crippen molar-refractivity contribution in [2.45, 2.75) is 12.3 Å². The van der Waals surface area contributed by atoms with Gasteiger partial charge in [-0.2, -0.15) is 13.2 Å². The third kappa shape index (κ3) is 3.96. The maximum Gasteiger partial charge on any atom is 0.419 e. The summed E-state index contributed by atoms with van der Waals surface area (Å²) in [7, 11) is -4.20. The zero-order valence-electron chi connectivity index (χ0n) is 8.31. The minimum absolute atomic E-state index is 0.203. The van der Waals surface area contributed by atoms with Crippen molar-refractivity contribution in [1.82, 2.24) is 0 Å². The van der Waals surface area contributed by atoms with Gasteiger partial charge in [0, 0.05) is 6.66 Å². The van der Waals surface area contributed by atoms with Gasteiger partial charge in [-0.3, -0.25) is 9.09 Å². The van der Waals surface area contributed by atoms with E-state index in [1.54, 1.807) is 6.07 Å². The third-order valence-corrected chi connectivity index (χ3v) is 2.30. The smallest absolute Gasteiger partial charge is 0.324 e. The zero-order chi connectivity index (χ0) is 12.4. The van der Waals surface area contributed by atoms with Crippen molar-refractivity contribution >= 4 is 7.60 Å². The number of halogens is 3. The fraction of sp³-hybridized carbons (Fsp3) is 0.333. The van der Waals surface area contributed by atoms with Crippen molar-refractivity contribution < 1.29 is 27.2 Å². The average molecular weight is 254 g/mol. The Bertz CT molecular complexity index is 385. The highest BCUT2D eigenvalue weighted by atomic mass is 31.2. The van der Waals surface area contributed by atoms with Crippen LogP contribution in [0.1, 0.15) is 11.7 Å². The Morgan fingerprint density at radius 3 is 2.19 bits per heavy atom. The van der Waals surface area contributed by atoms with Crippen LogP contribution < -0.4 is 0 Å². The first kappa shape index (κ1) is 13.2. The summed E-state index contributed by atoms with van der Waals surface area (Å²) in [4.78, 5) is 8.85. The molecule has 90 valence electrons. The molecule has 0 radical (unpaired) electrons. The largest absolute Gasteiger partial charge is 0.419 e. The number of hydrogen-bond acceptors (Lipinski definition) is 2. The van der Waals surface area contributed by atoms with Crippen molar-refractivity contribution in [2.24, 2.45) is 0 Å². The molecule has 1 aromatic carbocycles. The highest BCUT2D eigenvalue weighted by Gasteiger charge is 2.44. The minimum atomic E-state index is -4.73. The van der Waals surface area contributed by atoms with Crippen LogP contribution in [0.15, 0.2) is 30.3 Å². The van der Waals surface area contributed by atoms with E-state index in [1.165, 1.54) is 24.3 Å². The fourth-order valence-electron chi connectivity index (χ4n) is 1.13. The maximum atomic E-state index is 12.6. The summed E-state index contributed by atoms with van der Waals surface area (Å²) in [5.41, 5.74) is -0.203. The summed E-state index contributed by atoms with van der Waals surface area (Å²) < 4.78 is 52.8. The summed E-state index contributed by atoms with van der Waals surface area (Å²) in [6.45, 7) is 0.717. The molecular formula is C9H10F3O3P. The van der Waals surface area contributed by atoms with Crippen LogP contribution in [-0.4, -0.2) is 17.7 Å². The molecule has 1 rings (SSSR count). The van der Waals surface area contributed by atoms with E-state index in [2.05, 4.69) is 4.52 Å². The van der Waals surface area contributed by atoms with Crippen LogP contribution in [0, 0.1) is 0 Å². The van der Waals surface area contributed by atoms with Gasteiger partial charge in [0.25, 0.3) is 0 Å². The molecule has 1 aromatic rings. The van der Waals surface area contributed by atoms with Gasteiger partial charge in [-0.1, -0.05) is 30.3 Å². The molecular weight excluding hydrogens is 244 g/mol. The highest BCUT2D eigenvalue weighted by molar-refractivity contribution is 7.51. The third-order valence-electron chi connectivity index (χ3n) is 1.70. The van der Waals surface area contributed by atoms with E-state index in [1.807, 2.05) is 0 Å². The lowest BCUT2D eigenvalue weighted by Gasteiger charge is -2.22. The van der Waals surface area contributed by atoms with E-state index in [-0.39, 0.29) is 5.56 Å². The Morgan fingerprint density at radius 1 is 1.31 bits per heavy atom. The lowest BCUT2D eigenvalue weighted by Crippen LogP contribution is -2.22. The summed E-state index contributed by atoms with van der Waals surface area (Å²) >= 11 is 0. The Hall–Kier alpha value is -0.840. The average Bonchev–Trinajstić information content (AvgIpc) is 2.13. The molecule has 0 bridgehead atoms. The molecule has 2 atom stereocenters. The predicted octanol–water partition coefficient (Wildman–Crippen LogP) is 3.12. The van der Waals surface area contributed by atoms with Crippen LogP contribution in [0.25, 0.3) is 0 Å². The molecule has 0 aromatic heterocycles. The van der Waals surface area contributed by atoms with Gasteiger partial charge in [0.15, 0.2) is 6.10 Å². The summed E-state index contributed by atoms with van der Waals surface area (Å²) in [6.07, 6.45) is -7.11. The van der Waals surface area contributed by atoms with Gasteiger partial charge in [-0.25, -0.2) is 0 Å². The number of alkyl halides is 3. The van der Waals surface area contributed by atoms with Gasteiger partial charge >= 0.3 is 13.8 Å². The molecule has 0 aliphatic rings. The van der Waals surface area contributed by atoms with Crippen LogP contribution in [0.5, 0.6) is 0 Å². The molecule has 1 unspecified atom stereocenters. The first-order chi connectivity index (χ1) is 7.20. The van der Waals surface area contributed by atoms with Gasteiger partial charge in [-0.15, -0.1) is 0 Å². The number of benzene rings is 1. The van der Waals surface area contributed by atoms with E-state index < -0.39 is 19.9 Å². The molecule has 0 spiro atoms. The number of rotatable bonds is 3. The fourth-order valence-corrected chi connectivity index (χ4v) is 1.77. The molecule has 0 aliphatic carbocycles. The van der Waals surface area contributed by atoms with E-state index >= 15 is 0 Å². The molecule has 3 nitrogen and oxygen atoms in total. The first-order valence-corrected chi connectivity index (χ1v) is 6.33. The Balaban J connectivity index is 3.03. The van der Waals surface area contributed by atoms with E-state index in [0.717, 1.165) is 0 Å². The molecule has 1 N–H and O–H groups in total. The Labute approximate surface area is 90.4 Å². The minimum Gasteiger partial charge on any atom is -0.324 e. The maximum absolute atomic E-state index is 12.6. The van der Waals surface area contributed by atoms with E-state index in [9.17, 15) is 17.7 Å². The summed E-state index contributed by atoms with van der Waals surface area (Å²) in [5, 5.41) is 0. The van der Waals surface area contributed by atoms with Crippen molar-refractivity contribution in [2.75, 3.05) is 6.66 Å². The van der Waals surface area contributed by atoms with Crippen LogP contribution in [0.2, 0.25) is 0 Å². The second kappa shape index (κ2) is 4.57. The van der Waals surface area contributed by atoms with Crippen molar-refractivity contribution in [1.29, 1.82) is 0 Å². The standard InChI is InChI=1S/C9H10F3O3P/c1-16(13,14)15-8(9(10,11)12)7-5-3-2-4-6-7/h2-6,8H,1H3,(H,13,14)/t8-/m0/s1. The van der Waals surface area contributed by atoms with E-state index in [4.69, 9.17) is 4.89 Å². The van der Waals surface area contributed by atoms with Gasteiger partial charge < -0.3 is 4.89 Å². The molecule has 0 amide bonds. The van der Waals surface area contributed by atoms with E-state index in [0.29, 0.717) is 6.66 Å². The van der Waals surface area contributed by atoms with Crippen LogP contribution in [-0.2, 0) is 9.09 Å². The monoisotopic (exact) mass is 254 g/mol. The Morgan fingerprint density at radius 2 is 1.81 bits per heavy atom. The second-order valence-corrected chi connectivity index (χ2v) is 5.06. The number of hydrogen-bond donors (Lipinski definition) is 1. The van der Waals surface area contributed by atoms with Crippen molar-refractivity contribution in [3.8, 4) is 0 Å². The lowest BCUT2D eigenvalue weighted by molar-refractivity contribution is -0.199. The van der Waals surface area contributed by atoms with Crippen LogP contribution in [0.3, 0.4) is 0 Å². The van der Waals surface area contributed by atoms with Gasteiger partial charge in [0.2, 0.25) is 0 Å². The van der Waals surface area contributed by atoms with Gasteiger partial charge in [-0.05, 0) is 5.56 Å². The Kier molecular flexibility index (Phi) is 3.78. The van der Waals surface area contributed by atoms with Crippen molar-refractivity contribution in [3.63, 3.8) is 0 Å². The quantitative estimate of drug-likeness (QED) is 0.843.